The molecule has 0 aliphatic carbocycles. The van der Waals surface area contributed by atoms with Crippen molar-refractivity contribution in [3.63, 3.8) is 0 Å². The second kappa shape index (κ2) is 9.64. The predicted octanol–water partition coefficient (Wildman–Crippen LogP) is 1.51. The van der Waals surface area contributed by atoms with E-state index in [1.54, 1.807) is 20.8 Å². The first-order chi connectivity index (χ1) is 10.6. The molecule has 0 saturated heterocycles. The second-order valence-corrected chi connectivity index (χ2v) is 6.64. The molecule has 2 N–H and O–H groups in total. The maximum Gasteiger partial charge on any atom is 0.408 e. The molecule has 0 saturated carbocycles. The van der Waals surface area contributed by atoms with Crippen molar-refractivity contribution in [1.29, 1.82) is 0 Å². The highest BCUT2D eigenvalue weighted by atomic mass is 32.1. The van der Waals surface area contributed by atoms with Crippen LogP contribution >= 0.6 is 12.6 Å². The Hall–Kier alpha value is -1.44. The Labute approximate surface area is 143 Å². The van der Waals surface area contributed by atoms with E-state index in [1.807, 2.05) is 13.8 Å². The number of hydrogen-bond acceptors (Lipinski definition) is 6. The summed E-state index contributed by atoms with van der Waals surface area (Å²) in [5, 5.41) is 5.10. The van der Waals surface area contributed by atoms with Gasteiger partial charge in [0.1, 0.15) is 17.7 Å². The number of rotatable bonds is 7. The number of methoxy groups -OCH3 is 1. The maximum atomic E-state index is 12.4. The molecule has 0 spiro atoms. The standard InChI is InChI=1S/C15H28N2O5S/c1-7-9(2)11(17-14(20)22-15(3,4)5)12(18)16-10(8-23)13(19)21-6/h9-11,23H,7-8H2,1-6H3,(H,16,18)(H,17,20)/t9?,10-,11-/m0/s1. The molecule has 7 nitrogen and oxygen atoms in total. The van der Waals surface area contributed by atoms with E-state index < -0.39 is 35.7 Å². The smallest absolute Gasteiger partial charge is 0.408 e. The topological polar surface area (TPSA) is 93.7 Å². The van der Waals surface area contributed by atoms with E-state index >= 15 is 0 Å². The molecule has 0 aromatic rings. The summed E-state index contributed by atoms with van der Waals surface area (Å²) in [6.07, 6.45) is -0.0177. The van der Waals surface area contributed by atoms with Gasteiger partial charge in [-0.15, -0.1) is 0 Å². The monoisotopic (exact) mass is 348 g/mol. The van der Waals surface area contributed by atoms with E-state index in [1.165, 1.54) is 7.11 Å². The summed E-state index contributed by atoms with van der Waals surface area (Å²) in [6.45, 7) is 8.94. The molecule has 0 fully saturated rings. The average Bonchev–Trinajstić information content (AvgIpc) is 2.46. The quantitative estimate of drug-likeness (QED) is 0.479. The van der Waals surface area contributed by atoms with E-state index in [-0.39, 0.29) is 11.7 Å². The molecule has 3 atom stereocenters. The first kappa shape index (κ1) is 21.6. The Morgan fingerprint density at radius 2 is 1.74 bits per heavy atom. The fourth-order valence-corrected chi connectivity index (χ4v) is 1.96. The van der Waals surface area contributed by atoms with E-state index in [0.29, 0.717) is 6.42 Å². The van der Waals surface area contributed by atoms with Crippen LogP contribution in [0.25, 0.3) is 0 Å². The van der Waals surface area contributed by atoms with Crippen LogP contribution < -0.4 is 10.6 Å². The molecule has 0 radical (unpaired) electrons. The minimum Gasteiger partial charge on any atom is -0.467 e. The summed E-state index contributed by atoms with van der Waals surface area (Å²) >= 11 is 4.03. The van der Waals surface area contributed by atoms with Crippen LogP contribution in [-0.2, 0) is 19.1 Å². The van der Waals surface area contributed by atoms with Crippen LogP contribution in [0.5, 0.6) is 0 Å². The van der Waals surface area contributed by atoms with Crippen molar-refractivity contribution in [2.45, 2.75) is 58.7 Å². The third-order valence-corrected chi connectivity index (χ3v) is 3.52. The Morgan fingerprint density at radius 1 is 1.17 bits per heavy atom. The highest BCUT2D eigenvalue weighted by molar-refractivity contribution is 7.80. The first-order valence-electron chi connectivity index (χ1n) is 7.54. The minimum absolute atomic E-state index is 0.0953. The number of ether oxygens (including phenoxy) is 2. The summed E-state index contributed by atoms with van der Waals surface area (Å²) in [6, 6.07) is -1.69. The Bertz CT molecular complexity index is 423. The Kier molecular flexibility index (Phi) is 9.04. The molecule has 0 rings (SSSR count). The molecule has 0 aliphatic heterocycles. The number of carbonyl (C=O) groups is 3. The molecule has 0 bridgehead atoms. The summed E-state index contributed by atoms with van der Waals surface area (Å²) in [5.41, 5.74) is -0.666. The third-order valence-electron chi connectivity index (χ3n) is 3.15. The summed E-state index contributed by atoms with van der Waals surface area (Å²) in [4.78, 5) is 35.9. The molecule has 0 aromatic heterocycles. The first-order valence-corrected chi connectivity index (χ1v) is 8.17. The zero-order valence-electron chi connectivity index (χ0n) is 14.6. The van der Waals surface area contributed by atoms with Crippen LogP contribution in [0.3, 0.4) is 0 Å². The van der Waals surface area contributed by atoms with Crippen LogP contribution in [0.15, 0.2) is 0 Å². The number of thiol groups is 1. The molecular weight excluding hydrogens is 320 g/mol. The van der Waals surface area contributed by atoms with Gasteiger partial charge in [-0.2, -0.15) is 12.6 Å². The van der Waals surface area contributed by atoms with Gasteiger partial charge in [0.25, 0.3) is 0 Å². The van der Waals surface area contributed by atoms with Gasteiger partial charge >= 0.3 is 12.1 Å². The van der Waals surface area contributed by atoms with Gasteiger partial charge in [-0.1, -0.05) is 20.3 Å². The molecule has 1 unspecified atom stereocenters. The van der Waals surface area contributed by atoms with Crippen LogP contribution in [-0.4, -0.2) is 48.5 Å². The lowest BCUT2D eigenvalue weighted by Gasteiger charge is -2.27. The number of nitrogens with one attached hydrogen (secondary N) is 2. The highest BCUT2D eigenvalue weighted by Crippen LogP contribution is 2.11. The zero-order chi connectivity index (χ0) is 18.2. The van der Waals surface area contributed by atoms with E-state index in [4.69, 9.17) is 4.74 Å². The maximum absolute atomic E-state index is 12.4. The van der Waals surface area contributed by atoms with Crippen molar-refractivity contribution in [2.24, 2.45) is 5.92 Å². The van der Waals surface area contributed by atoms with Crippen LogP contribution in [0.2, 0.25) is 0 Å². The number of carbonyl (C=O) groups excluding carboxylic acids is 3. The van der Waals surface area contributed by atoms with E-state index in [2.05, 4.69) is 28.0 Å². The summed E-state index contributed by atoms with van der Waals surface area (Å²) < 4.78 is 9.78. The van der Waals surface area contributed by atoms with Gasteiger partial charge in [-0.05, 0) is 26.7 Å². The van der Waals surface area contributed by atoms with Crippen LogP contribution in [0.4, 0.5) is 4.79 Å². The van der Waals surface area contributed by atoms with Crippen molar-refractivity contribution in [3.05, 3.63) is 0 Å². The fraction of sp³-hybridized carbons (Fsp3) is 0.800. The molecule has 134 valence electrons. The Balaban J connectivity index is 4.99. The highest BCUT2D eigenvalue weighted by Gasteiger charge is 2.31. The Morgan fingerprint density at radius 3 is 2.13 bits per heavy atom. The van der Waals surface area contributed by atoms with Gasteiger partial charge in [0.2, 0.25) is 5.91 Å². The number of hydrogen-bond donors (Lipinski definition) is 3. The minimum atomic E-state index is -0.872. The number of alkyl carbamates (subject to hydrolysis) is 1. The molecule has 23 heavy (non-hydrogen) atoms. The predicted molar refractivity (Wildman–Crippen MR) is 90.4 cm³/mol. The number of esters is 1. The fourth-order valence-electron chi connectivity index (χ4n) is 1.72. The zero-order valence-corrected chi connectivity index (χ0v) is 15.5. The number of amides is 2. The summed E-state index contributed by atoms with van der Waals surface area (Å²) in [5.74, 6) is -1.11. The van der Waals surface area contributed by atoms with Gasteiger partial charge in [0.05, 0.1) is 7.11 Å². The molecular formula is C15H28N2O5S. The third kappa shape index (κ3) is 8.11. The lowest BCUT2D eigenvalue weighted by Crippen LogP contribution is -2.55. The van der Waals surface area contributed by atoms with Crippen molar-refractivity contribution in [2.75, 3.05) is 12.9 Å². The van der Waals surface area contributed by atoms with Gasteiger partial charge in [-0.3, -0.25) is 4.79 Å². The average molecular weight is 348 g/mol. The van der Waals surface area contributed by atoms with Gasteiger partial charge in [0, 0.05) is 5.75 Å². The van der Waals surface area contributed by atoms with Crippen molar-refractivity contribution in [1.82, 2.24) is 10.6 Å². The molecule has 0 aliphatic rings. The van der Waals surface area contributed by atoms with Gasteiger partial charge < -0.3 is 20.1 Å². The molecule has 2 amide bonds. The van der Waals surface area contributed by atoms with E-state index in [9.17, 15) is 14.4 Å². The van der Waals surface area contributed by atoms with Crippen molar-refractivity contribution in [3.8, 4) is 0 Å². The second-order valence-electron chi connectivity index (χ2n) is 6.28. The van der Waals surface area contributed by atoms with Gasteiger partial charge in [0.15, 0.2) is 0 Å². The molecule has 8 heteroatoms. The van der Waals surface area contributed by atoms with Gasteiger partial charge in [-0.25, -0.2) is 9.59 Å². The largest absolute Gasteiger partial charge is 0.467 e. The molecule has 0 aromatic carbocycles. The molecule has 0 heterocycles. The van der Waals surface area contributed by atoms with E-state index in [0.717, 1.165) is 0 Å². The van der Waals surface area contributed by atoms with Crippen molar-refractivity contribution < 1.29 is 23.9 Å². The summed E-state index contributed by atoms with van der Waals surface area (Å²) in [7, 11) is 1.23. The lowest BCUT2D eigenvalue weighted by atomic mass is 9.98. The van der Waals surface area contributed by atoms with Crippen LogP contribution in [0.1, 0.15) is 41.0 Å². The SMILES string of the molecule is CCC(C)[C@H](NC(=O)OC(C)(C)C)C(=O)N[C@@H](CS)C(=O)OC. The lowest BCUT2D eigenvalue weighted by molar-refractivity contribution is -0.144. The normalized spacial score (nSPS) is 15.1. The van der Waals surface area contributed by atoms with Crippen molar-refractivity contribution >= 4 is 30.6 Å². The van der Waals surface area contributed by atoms with Crippen LogP contribution in [0, 0.1) is 5.92 Å².